The molecular formula is C17H21ClN6O2. The molecule has 2 heterocycles. The molecule has 0 bridgehead atoms. The molecule has 0 atom stereocenters. The number of ether oxygens (including phenoxy) is 1. The molecule has 1 amide bonds. The largest absolute Gasteiger partial charge is 0.450 e. The van der Waals surface area contributed by atoms with Gasteiger partial charge in [0.1, 0.15) is 0 Å². The molecule has 0 aliphatic carbocycles. The number of rotatable bonds is 5. The quantitative estimate of drug-likeness (QED) is 0.826. The molecule has 0 spiro atoms. The van der Waals surface area contributed by atoms with Crippen molar-refractivity contribution >= 4 is 35.1 Å². The molecule has 2 aromatic rings. The molecule has 0 unspecified atom stereocenters. The Morgan fingerprint density at radius 2 is 2.04 bits per heavy atom. The number of carbonyl (C=O) groups excluding carboxylic acids is 1. The minimum atomic E-state index is -0.246. The van der Waals surface area contributed by atoms with Crippen molar-refractivity contribution in [1.82, 2.24) is 20.1 Å². The topological polar surface area (TPSA) is 92.3 Å². The second-order valence-corrected chi connectivity index (χ2v) is 6.34. The van der Waals surface area contributed by atoms with Gasteiger partial charge in [-0.05, 0) is 44.0 Å². The van der Waals surface area contributed by atoms with Gasteiger partial charge in [0, 0.05) is 29.8 Å². The monoisotopic (exact) mass is 376 g/mol. The fourth-order valence-electron chi connectivity index (χ4n) is 2.72. The van der Waals surface area contributed by atoms with Crippen LogP contribution in [0.25, 0.3) is 0 Å². The molecule has 1 aliphatic rings. The average molecular weight is 377 g/mol. The average Bonchev–Trinajstić information content (AvgIpc) is 2.65. The van der Waals surface area contributed by atoms with Gasteiger partial charge in [-0.1, -0.05) is 11.6 Å². The Bertz CT molecular complexity index is 734. The van der Waals surface area contributed by atoms with Crippen molar-refractivity contribution in [2.75, 3.05) is 30.3 Å². The highest BCUT2D eigenvalue weighted by Gasteiger charge is 2.23. The summed E-state index contributed by atoms with van der Waals surface area (Å²) in [6, 6.07) is 7.49. The number of hydrogen-bond acceptors (Lipinski definition) is 7. The third-order valence-electron chi connectivity index (χ3n) is 4.03. The lowest BCUT2D eigenvalue weighted by Gasteiger charge is -2.31. The van der Waals surface area contributed by atoms with E-state index in [0.717, 1.165) is 18.5 Å². The summed E-state index contributed by atoms with van der Waals surface area (Å²) >= 11 is 5.88. The smallest absolute Gasteiger partial charge is 0.409 e. The van der Waals surface area contributed by atoms with Crippen molar-refractivity contribution in [2.45, 2.75) is 25.8 Å². The predicted octanol–water partition coefficient (Wildman–Crippen LogP) is 3.30. The second kappa shape index (κ2) is 8.66. The number of halogens is 1. The maximum atomic E-state index is 11.7. The summed E-state index contributed by atoms with van der Waals surface area (Å²) in [6.07, 6.45) is 2.99. The number of benzene rings is 1. The second-order valence-electron chi connectivity index (χ2n) is 5.90. The van der Waals surface area contributed by atoms with Crippen LogP contribution in [0, 0.1) is 0 Å². The summed E-state index contributed by atoms with van der Waals surface area (Å²) < 4.78 is 5.03. The first-order chi connectivity index (χ1) is 12.6. The molecule has 9 heteroatoms. The Morgan fingerprint density at radius 3 is 2.73 bits per heavy atom. The van der Waals surface area contributed by atoms with E-state index >= 15 is 0 Å². The van der Waals surface area contributed by atoms with Crippen LogP contribution in [0.5, 0.6) is 0 Å². The van der Waals surface area contributed by atoms with E-state index in [1.165, 1.54) is 0 Å². The molecule has 2 N–H and O–H groups in total. The summed E-state index contributed by atoms with van der Waals surface area (Å²) in [6.45, 7) is 3.52. The molecule has 26 heavy (non-hydrogen) atoms. The summed E-state index contributed by atoms with van der Waals surface area (Å²) in [7, 11) is 0. The van der Waals surface area contributed by atoms with Crippen molar-refractivity contribution in [3.8, 4) is 0 Å². The Labute approximate surface area is 156 Å². The molecule has 0 saturated carbocycles. The number of anilines is 3. The van der Waals surface area contributed by atoms with E-state index < -0.39 is 0 Å². The van der Waals surface area contributed by atoms with E-state index in [4.69, 9.17) is 16.3 Å². The van der Waals surface area contributed by atoms with Crippen LogP contribution in [0.1, 0.15) is 19.8 Å². The summed E-state index contributed by atoms with van der Waals surface area (Å²) in [5.74, 6) is 1.05. The molecule has 0 radical (unpaired) electrons. The van der Waals surface area contributed by atoms with E-state index in [1.807, 2.05) is 19.1 Å². The molecule has 3 rings (SSSR count). The predicted molar refractivity (Wildman–Crippen MR) is 99.8 cm³/mol. The van der Waals surface area contributed by atoms with Gasteiger partial charge < -0.3 is 20.3 Å². The first-order valence-corrected chi connectivity index (χ1v) is 8.92. The number of likely N-dealkylation sites (tertiary alicyclic amines) is 1. The van der Waals surface area contributed by atoms with Crippen LogP contribution in [0.3, 0.4) is 0 Å². The minimum Gasteiger partial charge on any atom is -0.450 e. The standard InChI is InChI=1S/C17H21ClN6O2/c1-2-26-17(25)24-9-7-14(8-10-24)20-15-11-19-23-16(22-15)21-13-5-3-12(18)4-6-13/h3-6,11,14H,2,7-10H2,1H3,(H2,20,21,22,23). The van der Waals surface area contributed by atoms with Gasteiger partial charge in [0.25, 0.3) is 0 Å². The molecule has 1 fully saturated rings. The lowest BCUT2D eigenvalue weighted by atomic mass is 10.1. The summed E-state index contributed by atoms with van der Waals surface area (Å²) in [5.41, 5.74) is 0.830. The normalized spacial score (nSPS) is 14.8. The van der Waals surface area contributed by atoms with E-state index in [1.54, 1.807) is 23.2 Å². The number of piperidine rings is 1. The first kappa shape index (κ1) is 18.2. The van der Waals surface area contributed by atoms with Crippen LogP contribution >= 0.6 is 11.6 Å². The molecule has 1 aromatic heterocycles. The van der Waals surface area contributed by atoms with Crippen LogP contribution in [0.2, 0.25) is 5.02 Å². The zero-order chi connectivity index (χ0) is 18.4. The Balaban J connectivity index is 1.54. The minimum absolute atomic E-state index is 0.223. The van der Waals surface area contributed by atoms with E-state index in [2.05, 4.69) is 25.8 Å². The number of hydrogen-bond donors (Lipinski definition) is 2. The van der Waals surface area contributed by atoms with Crippen molar-refractivity contribution < 1.29 is 9.53 Å². The fourth-order valence-corrected chi connectivity index (χ4v) is 2.84. The highest BCUT2D eigenvalue weighted by molar-refractivity contribution is 6.30. The molecular weight excluding hydrogens is 356 g/mol. The SMILES string of the molecule is CCOC(=O)N1CCC(Nc2cnnc(Nc3ccc(Cl)cc3)n2)CC1. The van der Waals surface area contributed by atoms with Gasteiger partial charge in [0.05, 0.1) is 12.8 Å². The third kappa shape index (κ3) is 4.95. The summed E-state index contributed by atoms with van der Waals surface area (Å²) in [5, 5.41) is 15.1. The zero-order valence-corrected chi connectivity index (χ0v) is 15.2. The highest BCUT2D eigenvalue weighted by Crippen LogP contribution is 2.19. The number of aromatic nitrogens is 3. The van der Waals surface area contributed by atoms with E-state index in [9.17, 15) is 4.79 Å². The van der Waals surface area contributed by atoms with Crippen molar-refractivity contribution in [2.24, 2.45) is 0 Å². The lowest BCUT2D eigenvalue weighted by Crippen LogP contribution is -2.42. The number of nitrogens with zero attached hydrogens (tertiary/aromatic N) is 4. The van der Waals surface area contributed by atoms with Gasteiger partial charge in [-0.25, -0.2) is 4.79 Å². The Morgan fingerprint density at radius 1 is 1.31 bits per heavy atom. The molecule has 1 aliphatic heterocycles. The van der Waals surface area contributed by atoms with Crippen LogP contribution in [-0.4, -0.2) is 51.9 Å². The van der Waals surface area contributed by atoms with Crippen LogP contribution in [0.4, 0.5) is 22.2 Å². The van der Waals surface area contributed by atoms with Gasteiger partial charge in [0.2, 0.25) is 5.95 Å². The van der Waals surface area contributed by atoms with Crippen molar-refractivity contribution in [3.63, 3.8) is 0 Å². The van der Waals surface area contributed by atoms with E-state index in [-0.39, 0.29) is 12.1 Å². The first-order valence-electron chi connectivity index (χ1n) is 8.54. The fraction of sp³-hybridized carbons (Fsp3) is 0.412. The number of carbonyl (C=O) groups is 1. The summed E-state index contributed by atoms with van der Waals surface area (Å²) in [4.78, 5) is 17.9. The maximum Gasteiger partial charge on any atom is 0.409 e. The lowest BCUT2D eigenvalue weighted by molar-refractivity contribution is 0.0983. The van der Waals surface area contributed by atoms with Crippen molar-refractivity contribution in [3.05, 3.63) is 35.5 Å². The third-order valence-corrected chi connectivity index (χ3v) is 4.28. The molecule has 1 aromatic carbocycles. The van der Waals surface area contributed by atoms with Gasteiger partial charge in [0.15, 0.2) is 5.82 Å². The highest BCUT2D eigenvalue weighted by atomic mass is 35.5. The Hall–Kier alpha value is -2.61. The Kier molecular flexibility index (Phi) is 6.06. The van der Waals surface area contributed by atoms with Gasteiger partial charge in [-0.15, -0.1) is 5.10 Å². The van der Waals surface area contributed by atoms with Crippen molar-refractivity contribution in [1.29, 1.82) is 0 Å². The van der Waals surface area contributed by atoms with Crippen LogP contribution < -0.4 is 10.6 Å². The molecule has 1 saturated heterocycles. The zero-order valence-electron chi connectivity index (χ0n) is 14.5. The number of nitrogens with one attached hydrogen (secondary N) is 2. The molecule has 8 nitrogen and oxygen atoms in total. The van der Waals surface area contributed by atoms with Gasteiger partial charge in [-0.3, -0.25) is 0 Å². The van der Waals surface area contributed by atoms with Gasteiger partial charge in [-0.2, -0.15) is 10.1 Å². The van der Waals surface area contributed by atoms with Crippen LogP contribution in [-0.2, 0) is 4.74 Å². The molecule has 138 valence electrons. The maximum absolute atomic E-state index is 11.7. The van der Waals surface area contributed by atoms with E-state index in [0.29, 0.717) is 36.5 Å². The van der Waals surface area contributed by atoms with Gasteiger partial charge >= 0.3 is 6.09 Å². The van der Waals surface area contributed by atoms with Crippen LogP contribution in [0.15, 0.2) is 30.5 Å². The number of amides is 1.